The summed E-state index contributed by atoms with van der Waals surface area (Å²) in [7, 11) is 0. The Morgan fingerprint density at radius 2 is 2.11 bits per heavy atom. The molecule has 0 radical (unpaired) electrons. The van der Waals surface area contributed by atoms with Crippen LogP contribution in [0.25, 0.3) is 0 Å². The number of hydrogen-bond donors (Lipinski definition) is 2. The van der Waals surface area contributed by atoms with Gasteiger partial charge in [0, 0.05) is 13.1 Å². The molecule has 2 fully saturated rings. The molecule has 2 N–H and O–H groups in total. The third-order valence-corrected chi connectivity index (χ3v) is 4.70. The van der Waals surface area contributed by atoms with Crippen molar-refractivity contribution >= 4 is 23.6 Å². The van der Waals surface area contributed by atoms with E-state index in [0.717, 1.165) is 0 Å². The molecule has 1 unspecified atom stereocenters. The van der Waals surface area contributed by atoms with E-state index in [1.54, 1.807) is 39.8 Å². The summed E-state index contributed by atoms with van der Waals surface area (Å²) in [5.74, 6) is -0.489. The minimum atomic E-state index is -1.24. The molecule has 9 heteroatoms. The van der Waals surface area contributed by atoms with E-state index < -0.39 is 35.9 Å². The van der Waals surface area contributed by atoms with Gasteiger partial charge in [-0.2, -0.15) is 0 Å². The molecule has 28 heavy (non-hydrogen) atoms. The van der Waals surface area contributed by atoms with Crippen LogP contribution in [0.2, 0.25) is 0 Å². The number of benzene rings is 1. The first kappa shape index (κ1) is 20.2. The van der Waals surface area contributed by atoms with Gasteiger partial charge in [0.05, 0.1) is 23.5 Å². The van der Waals surface area contributed by atoms with Gasteiger partial charge >= 0.3 is 12.2 Å². The number of carbonyl (C=O) groups excluding carboxylic acids is 2. The van der Waals surface area contributed by atoms with Gasteiger partial charge in [0.1, 0.15) is 11.4 Å². The number of halogens is 1. The van der Waals surface area contributed by atoms with Gasteiger partial charge in [0.25, 0.3) is 0 Å². The summed E-state index contributed by atoms with van der Waals surface area (Å²) in [5.41, 5.74) is 0.127. The molecule has 0 aliphatic carbocycles. The number of aliphatic hydroxyl groups excluding tert-OH is 1. The molecule has 0 aromatic heterocycles. The molecule has 2 aliphatic heterocycles. The van der Waals surface area contributed by atoms with Gasteiger partial charge in [-0.25, -0.2) is 14.0 Å². The number of anilines is 2. The molecule has 0 saturated carbocycles. The number of rotatable bonds is 3. The van der Waals surface area contributed by atoms with Crippen molar-refractivity contribution in [2.24, 2.45) is 0 Å². The van der Waals surface area contributed by atoms with Crippen LogP contribution in [-0.4, -0.2) is 54.4 Å². The van der Waals surface area contributed by atoms with Gasteiger partial charge in [0.2, 0.25) is 6.29 Å². The van der Waals surface area contributed by atoms with Gasteiger partial charge in [-0.05, 0) is 52.3 Å². The zero-order chi connectivity index (χ0) is 20.6. The molecule has 0 bridgehead atoms. The van der Waals surface area contributed by atoms with Crippen LogP contribution >= 0.6 is 0 Å². The van der Waals surface area contributed by atoms with Crippen LogP contribution in [0.5, 0.6) is 0 Å². The number of hydrogen-bond acceptors (Lipinski definition) is 6. The molecule has 8 nitrogen and oxygen atoms in total. The molecule has 1 aromatic carbocycles. The number of aliphatic hydroxyl groups is 1. The smallest absolute Gasteiger partial charge is 0.417 e. The van der Waals surface area contributed by atoms with Gasteiger partial charge in [0.15, 0.2) is 0 Å². The van der Waals surface area contributed by atoms with Crippen molar-refractivity contribution in [1.82, 2.24) is 5.32 Å². The van der Waals surface area contributed by atoms with Crippen molar-refractivity contribution < 1.29 is 28.6 Å². The van der Waals surface area contributed by atoms with Crippen LogP contribution in [0.4, 0.5) is 25.4 Å². The minimum absolute atomic E-state index is 0.141. The van der Waals surface area contributed by atoms with Crippen LogP contribution < -0.4 is 15.1 Å². The monoisotopic (exact) mass is 395 g/mol. The summed E-state index contributed by atoms with van der Waals surface area (Å²) in [6.45, 7) is 8.03. The first-order valence-corrected chi connectivity index (χ1v) is 9.27. The molecular weight excluding hydrogens is 369 g/mol. The minimum Gasteiger partial charge on any atom is -0.444 e. The number of amides is 2. The van der Waals surface area contributed by atoms with Crippen LogP contribution in [0.15, 0.2) is 18.2 Å². The lowest BCUT2D eigenvalue weighted by Crippen LogP contribution is -2.40. The lowest BCUT2D eigenvalue weighted by molar-refractivity contribution is -0.0312. The van der Waals surface area contributed by atoms with E-state index in [4.69, 9.17) is 9.47 Å². The van der Waals surface area contributed by atoms with Crippen molar-refractivity contribution in [2.75, 3.05) is 22.9 Å². The Bertz CT molecular complexity index is 766. The molecule has 2 saturated heterocycles. The maximum Gasteiger partial charge on any atom is 0.417 e. The highest BCUT2D eigenvalue weighted by Gasteiger charge is 2.39. The van der Waals surface area contributed by atoms with E-state index in [1.807, 2.05) is 4.90 Å². The first-order chi connectivity index (χ1) is 13.0. The quantitative estimate of drug-likeness (QED) is 0.818. The lowest BCUT2D eigenvalue weighted by atomic mass is 10.2. The van der Waals surface area contributed by atoms with Crippen molar-refractivity contribution in [3.63, 3.8) is 0 Å². The van der Waals surface area contributed by atoms with E-state index in [1.165, 1.54) is 11.0 Å². The molecule has 154 valence electrons. The van der Waals surface area contributed by atoms with Crippen molar-refractivity contribution in [1.29, 1.82) is 0 Å². The SMILES string of the molecule is CC1[C@H](O)OC(=O)N1c1ccc(N2CC[C@H](NC(=O)OC(C)(C)C)C2)c(F)c1. The van der Waals surface area contributed by atoms with Crippen LogP contribution in [0.1, 0.15) is 34.1 Å². The van der Waals surface area contributed by atoms with Crippen LogP contribution in [-0.2, 0) is 9.47 Å². The van der Waals surface area contributed by atoms with E-state index >= 15 is 0 Å². The summed E-state index contributed by atoms with van der Waals surface area (Å²) in [6, 6.07) is 3.71. The largest absolute Gasteiger partial charge is 0.444 e. The summed E-state index contributed by atoms with van der Waals surface area (Å²) in [6.07, 6.45) is -1.78. The van der Waals surface area contributed by atoms with Crippen molar-refractivity contribution in [3.05, 3.63) is 24.0 Å². The Kier molecular flexibility index (Phi) is 5.38. The number of cyclic esters (lactones) is 1. The normalized spacial score (nSPS) is 25.1. The molecule has 0 spiro atoms. The Morgan fingerprint density at radius 1 is 1.39 bits per heavy atom. The average molecular weight is 395 g/mol. The first-order valence-electron chi connectivity index (χ1n) is 9.27. The number of nitrogens with one attached hydrogen (secondary N) is 1. The zero-order valence-corrected chi connectivity index (χ0v) is 16.4. The highest BCUT2D eigenvalue weighted by molar-refractivity contribution is 5.90. The standard InChI is InChI=1S/C19H26FN3O5/c1-11-16(24)27-18(26)23(11)13-5-6-15(14(20)9-13)22-8-7-12(10-22)21-17(25)28-19(2,3)4/h5-6,9,11-12,16,24H,7-8,10H2,1-4H3,(H,21,25)/t11?,12-,16+/m0/s1. The van der Waals surface area contributed by atoms with Crippen molar-refractivity contribution in [3.8, 4) is 0 Å². The summed E-state index contributed by atoms with van der Waals surface area (Å²) in [4.78, 5) is 26.8. The van der Waals surface area contributed by atoms with Crippen LogP contribution in [0.3, 0.4) is 0 Å². The summed E-state index contributed by atoms with van der Waals surface area (Å²) >= 11 is 0. The summed E-state index contributed by atoms with van der Waals surface area (Å²) < 4.78 is 24.7. The number of ether oxygens (including phenoxy) is 2. The topological polar surface area (TPSA) is 91.3 Å². The Morgan fingerprint density at radius 3 is 2.68 bits per heavy atom. The summed E-state index contributed by atoms with van der Waals surface area (Å²) in [5, 5.41) is 12.4. The second-order valence-electron chi connectivity index (χ2n) is 8.10. The van der Waals surface area contributed by atoms with Crippen molar-refractivity contribution in [2.45, 2.75) is 58.1 Å². The molecular formula is C19H26FN3O5. The predicted molar refractivity (Wildman–Crippen MR) is 101 cm³/mol. The van der Waals surface area contributed by atoms with Crippen LogP contribution in [0, 0.1) is 5.82 Å². The highest BCUT2D eigenvalue weighted by Crippen LogP contribution is 2.31. The van der Waals surface area contributed by atoms with E-state index in [9.17, 15) is 19.1 Å². The third kappa shape index (κ3) is 4.30. The lowest BCUT2D eigenvalue weighted by Gasteiger charge is -2.24. The fourth-order valence-electron chi connectivity index (χ4n) is 3.37. The van der Waals surface area contributed by atoms with Gasteiger partial charge < -0.3 is 24.8 Å². The van der Waals surface area contributed by atoms with E-state index in [-0.39, 0.29) is 6.04 Å². The maximum absolute atomic E-state index is 14.7. The average Bonchev–Trinajstić information content (AvgIpc) is 3.10. The second kappa shape index (κ2) is 7.46. The van der Waals surface area contributed by atoms with E-state index in [2.05, 4.69) is 5.32 Å². The molecule has 3 rings (SSSR count). The number of nitrogens with zero attached hydrogens (tertiary/aromatic N) is 2. The molecule has 2 aliphatic rings. The Hall–Kier alpha value is -2.55. The Labute approximate surface area is 163 Å². The highest BCUT2D eigenvalue weighted by atomic mass is 19.1. The maximum atomic E-state index is 14.7. The second-order valence-corrected chi connectivity index (χ2v) is 8.10. The fraction of sp³-hybridized carbons (Fsp3) is 0.579. The van der Waals surface area contributed by atoms with Gasteiger partial charge in [-0.15, -0.1) is 0 Å². The van der Waals surface area contributed by atoms with Gasteiger partial charge in [-0.3, -0.25) is 4.90 Å². The molecule has 2 heterocycles. The fourth-order valence-corrected chi connectivity index (χ4v) is 3.37. The predicted octanol–water partition coefficient (Wildman–Crippen LogP) is 2.59. The molecule has 1 aromatic rings. The molecule has 2 amide bonds. The molecule has 3 atom stereocenters. The number of alkyl carbamates (subject to hydrolysis) is 1. The number of carbonyl (C=O) groups is 2. The van der Waals surface area contributed by atoms with E-state index in [0.29, 0.717) is 30.9 Å². The Balaban J connectivity index is 1.65. The zero-order valence-electron chi connectivity index (χ0n) is 16.4. The van der Waals surface area contributed by atoms with Gasteiger partial charge in [-0.1, -0.05) is 0 Å². The third-order valence-electron chi connectivity index (χ3n) is 4.70.